The summed E-state index contributed by atoms with van der Waals surface area (Å²) in [7, 11) is 4.03. The van der Waals surface area contributed by atoms with Crippen LogP contribution in [0.1, 0.15) is 0 Å². The van der Waals surface area contributed by atoms with Crippen molar-refractivity contribution in [2.24, 2.45) is 0 Å². The van der Waals surface area contributed by atoms with Gasteiger partial charge in [-0.3, -0.25) is 0 Å². The molecular formula is C6H12N5S. The fourth-order valence-corrected chi connectivity index (χ4v) is 1.11. The van der Waals surface area contributed by atoms with Gasteiger partial charge in [0.05, 0.1) is 6.54 Å². The fourth-order valence-electron chi connectivity index (χ4n) is 0.735. The third kappa shape index (κ3) is 2.46. The van der Waals surface area contributed by atoms with Crippen LogP contribution >= 0.6 is 11.8 Å². The Morgan fingerprint density at radius 1 is 1.58 bits per heavy atom. The lowest BCUT2D eigenvalue weighted by atomic mass is 10.6. The van der Waals surface area contributed by atoms with Crippen molar-refractivity contribution < 1.29 is 0 Å². The van der Waals surface area contributed by atoms with Crippen LogP contribution in [0.25, 0.3) is 0 Å². The van der Waals surface area contributed by atoms with Crippen LogP contribution in [0.2, 0.25) is 0 Å². The molecule has 67 valence electrons. The third-order valence-electron chi connectivity index (χ3n) is 1.39. The number of tetrazole rings is 1. The highest BCUT2D eigenvalue weighted by Gasteiger charge is 2.03. The van der Waals surface area contributed by atoms with Crippen molar-refractivity contribution in [2.75, 3.05) is 20.6 Å². The van der Waals surface area contributed by atoms with Gasteiger partial charge in [0, 0.05) is 12.8 Å². The Labute approximate surface area is 76.1 Å². The van der Waals surface area contributed by atoms with Gasteiger partial charge < -0.3 is 4.90 Å². The first-order valence-electron chi connectivity index (χ1n) is 3.57. The standard InChI is InChI=1S/C6H12N5S/c1-10(2)4-5-11-6(12-3)7-8-9-11/h3-5H2,1-2H3. The Bertz CT molecular complexity index is 234. The molecule has 5 nitrogen and oxygen atoms in total. The van der Waals surface area contributed by atoms with Crippen molar-refractivity contribution in [3.05, 3.63) is 6.26 Å². The molecule has 0 saturated heterocycles. The molecule has 0 aromatic carbocycles. The Morgan fingerprint density at radius 3 is 2.92 bits per heavy atom. The van der Waals surface area contributed by atoms with Gasteiger partial charge in [0.25, 0.3) is 0 Å². The van der Waals surface area contributed by atoms with Crippen molar-refractivity contribution in [3.63, 3.8) is 0 Å². The molecular weight excluding hydrogens is 174 g/mol. The highest BCUT2D eigenvalue weighted by atomic mass is 32.2. The first-order chi connectivity index (χ1) is 5.74. The minimum atomic E-state index is 0.761. The molecule has 0 fully saturated rings. The van der Waals surface area contributed by atoms with E-state index in [1.165, 1.54) is 11.8 Å². The molecule has 0 aliphatic carbocycles. The molecule has 0 aliphatic rings. The zero-order chi connectivity index (χ0) is 8.97. The zero-order valence-electron chi connectivity index (χ0n) is 7.27. The van der Waals surface area contributed by atoms with Gasteiger partial charge in [0.2, 0.25) is 5.16 Å². The Balaban J connectivity index is 2.50. The van der Waals surface area contributed by atoms with Crippen LogP contribution in [0.4, 0.5) is 0 Å². The van der Waals surface area contributed by atoms with E-state index in [9.17, 15) is 0 Å². The predicted molar refractivity (Wildman–Crippen MR) is 47.6 cm³/mol. The number of rotatable bonds is 4. The molecule has 0 amide bonds. The van der Waals surface area contributed by atoms with E-state index < -0.39 is 0 Å². The highest BCUT2D eigenvalue weighted by molar-refractivity contribution is 8.00. The molecule has 1 heterocycles. The molecule has 0 saturated carbocycles. The van der Waals surface area contributed by atoms with E-state index in [-0.39, 0.29) is 0 Å². The minimum absolute atomic E-state index is 0.761. The highest BCUT2D eigenvalue weighted by Crippen LogP contribution is 2.09. The lowest BCUT2D eigenvalue weighted by molar-refractivity contribution is 0.361. The Kier molecular flexibility index (Phi) is 3.48. The maximum absolute atomic E-state index is 3.83. The molecule has 0 bridgehead atoms. The topological polar surface area (TPSA) is 46.8 Å². The second-order valence-electron chi connectivity index (χ2n) is 2.63. The SMILES string of the molecule is [CH2]Sc1nnnn1CCN(C)C. The van der Waals surface area contributed by atoms with Crippen LogP contribution in [-0.4, -0.2) is 45.7 Å². The summed E-state index contributed by atoms with van der Waals surface area (Å²) in [6.45, 7) is 1.73. The van der Waals surface area contributed by atoms with Gasteiger partial charge in [-0.1, -0.05) is 11.8 Å². The zero-order valence-corrected chi connectivity index (χ0v) is 8.08. The van der Waals surface area contributed by atoms with Gasteiger partial charge >= 0.3 is 0 Å². The number of nitrogens with zero attached hydrogens (tertiary/aromatic N) is 5. The van der Waals surface area contributed by atoms with Crippen LogP contribution in [0, 0.1) is 6.26 Å². The summed E-state index contributed by atoms with van der Waals surface area (Å²) in [5.74, 6) is 0. The third-order valence-corrected chi connectivity index (χ3v) is 1.94. The van der Waals surface area contributed by atoms with Gasteiger partial charge in [0.1, 0.15) is 0 Å². The second-order valence-corrected chi connectivity index (χ2v) is 3.29. The monoisotopic (exact) mass is 186 g/mol. The largest absolute Gasteiger partial charge is 0.308 e. The molecule has 0 unspecified atom stereocenters. The summed E-state index contributed by atoms with van der Waals surface area (Å²) in [5, 5.41) is 11.9. The molecule has 12 heavy (non-hydrogen) atoms. The van der Waals surface area contributed by atoms with Crippen LogP contribution in [0.15, 0.2) is 5.16 Å². The second kappa shape index (κ2) is 4.42. The van der Waals surface area contributed by atoms with Gasteiger partial charge in [0.15, 0.2) is 0 Å². The molecule has 1 rings (SSSR count). The summed E-state index contributed by atoms with van der Waals surface area (Å²) in [5.41, 5.74) is 0. The van der Waals surface area contributed by atoms with Crippen LogP contribution in [0.5, 0.6) is 0 Å². The van der Waals surface area contributed by atoms with Gasteiger partial charge in [-0.2, -0.15) is 0 Å². The van der Waals surface area contributed by atoms with Gasteiger partial charge in [-0.25, -0.2) is 4.68 Å². The van der Waals surface area contributed by atoms with Crippen molar-refractivity contribution in [1.82, 2.24) is 25.1 Å². The average Bonchev–Trinajstić information content (AvgIpc) is 2.47. The van der Waals surface area contributed by atoms with E-state index in [0.29, 0.717) is 0 Å². The van der Waals surface area contributed by atoms with E-state index in [4.69, 9.17) is 0 Å². The van der Waals surface area contributed by atoms with Crippen molar-refractivity contribution >= 4 is 11.8 Å². The van der Waals surface area contributed by atoms with E-state index in [1.54, 1.807) is 4.68 Å². The van der Waals surface area contributed by atoms with E-state index >= 15 is 0 Å². The quantitative estimate of drug-likeness (QED) is 0.625. The van der Waals surface area contributed by atoms with E-state index in [1.807, 2.05) is 14.1 Å². The Morgan fingerprint density at radius 2 is 2.33 bits per heavy atom. The molecule has 6 heteroatoms. The number of hydrogen-bond donors (Lipinski definition) is 0. The lowest BCUT2D eigenvalue weighted by Crippen LogP contribution is -2.19. The van der Waals surface area contributed by atoms with Crippen LogP contribution in [-0.2, 0) is 6.54 Å². The van der Waals surface area contributed by atoms with Crippen LogP contribution < -0.4 is 0 Å². The number of aromatic nitrogens is 4. The van der Waals surface area contributed by atoms with Crippen LogP contribution in [0.3, 0.4) is 0 Å². The van der Waals surface area contributed by atoms with Gasteiger partial charge in [-0.05, 0) is 24.5 Å². The fraction of sp³-hybridized carbons (Fsp3) is 0.667. The van der Waals surface area contributed by atoms with Gasteiger partial charge in [-0.15, -0.1) is 5.10 Å². The maximum atomic E-state index is 3.83. The number of likely N-dealkylation sites (N-methyl/N-ethyl adjacent to an activating group) is 1. The molecule has 0 atom stereocenters. The summed E-state index contributed by atoms with van der Waals surface area (Å²) < 4.78 is 1.75. The number of thioether (sulfide) groups is 1. The molecule has 1 aromatic rings. The molecule has 0 N–H and O–H groups in total. The lowest BCUT2D eigenvalue weighted by Gasteiger charge is -2.08. The average molecular weight is 186 g/mol. The van der Waals surface area contributed by atoms with E-state index in [2.05, 4.69) is 26.7 Å². The first-order valence-corrected chi connectivity index (χ1v) is 4.55. The summed E-state index contributed by atoms with van der Waals surface area (Å²) in [6.07, 6.45) is 3.66. The maximum Gasteiger partial charge on any atom is 0.209 e. The first kappa shape index (κ1) is 9.47. The summed E-state index contributed by atoms with van der Waals surface area (Å²) in [6, 6.07) is 0. The predicted octanol–water partition coefficient (Wildman–Crippen LogP) is 0.118. The van der Waals surface area contributed by atoms with E-state index in [0.717, 1.165) is 18.2 Å². The molecule has 1 radical (unpaired) electrons. The summed E-state index contributed by atoms with van der Waals surface area (Å²) >= 11 is 1.31. The molecule has 1 aromatic heterocycles. The Hall–Kier alpha value is -0.620. The molecule has 0 aliphatic heterocycles. The normalized spacial score (nSPS) is 11.0. The van der Waals surface area contributed by atoms with Crippen molar-refractivity contribution in [3.8, 4) is 0 Å². The molecule has 0 spiro atoms. The minimum Gasteiger partial charge on any atom is -0.308 e. The van der Waals surface area contributed by atoms with Crippen molar-refractivity contribution in [1.29, 1.82) is 0 Å². The summed E-state index contributed by atoms with van der Waals surface area (Å²) in [4.78, 5) is 2.08. The smallest absolute Gasteiger partial charge is 0.209 e. The van der Waals surface area contributed by atoms with Crippen molar-refractivity contribution in [2.45, 2.75) is 11.7 Å². The number of hydrogen-bond acceptors (Lipinski definition) is 5.